The van der Waals surface area contributed by atoms with E-state index in [1.165, 1.54) is 4.57 Å². The molecule has 2 aromatic rings. The zero-order valence-electron chi connectivity index (χ0n) is 9.77. The molecule has 1 aromatic heterocycles. The Morgan fingerprint density at radius 2 is 2.00 bits per heavy atom. The van der Waals surface area contributed by atoms with Crippen LogP contribution < -0.4 is 0 Å². The predicted molar refractivity (Wildman–Crippen MR) is 72.2 cm³/mol. The molecule has 1 atom stereocenters. The number of hydrogen-bond acceptors (Lipinski definition) is 2. The molecule has 0 aliphatic heterocycles. The molecule has 1 aromatic carbocycles. The largest absolute Gasteiger partial charge is 0.476 e. The summed E-state index contributed by atoms with van der Waals surface area (Å²) in [6, 6.07) is 9.32. The van der Waals surface area contributed by atoms with Crippen molar-refractivity contribution in [2.45, 2.75) is 13.0 Å². The summed E-state index contributed by atoms with van der Waals surface area (Å²) >= 11 is 9.11. The summed E-state index contributed by atoms with van der Waals surface area (Å²) in [5.74, 6) is -1.07. The Labute approximate surface area is 139 Å². The second-order valence-electron chi connectivity index (χ2n) is 3.78. The zero-order chi connectivity index (χ0) is 13.3. The van der Waals surface area contributed by atoms with Crippen LogP contribution in [0.2, 0.25) is 5.28 Å². The number of halogens is 2. The molecule has 0 fully saturated rings. The van der Waals surface area contributed by atoms with Gasteiger partial charge in [0, 0.05) is 22.4 Å². The standard InChI is InChI=1S/C12H10BrClN2O2.Ag/c1-7(8-5-3-2-4-6-8)16-9(11(17)18)10(13)15-12(16)14;/h2-7H,1H3,(H,17,18);/t7-;/m1./s1. The predicted octanol–water partition coefficient (Wildman–Crippen LogP) is 3.60. The molecule has 1 N–H and O–H groups in total. The summed E-state index contributed by atoms with van der Waals surface area (Å²) in [5, 5.41) is 9.35. The van der Waals surface area contributed by atoms with Crippen LogP contribution in [0, 0.1) is 0 Å². The minimum absolute atomic E-state index is 0. The Morgan fingerprint density at radius 1 is 1.42 bits per heavy atom. The molecule has 2 rings (SSSR count). The van der Waals surface area contributed by atoms with Crippen LogP contribution in [0.3, 0.4) is 0 Å². The van der Waals surface area contributed by atoms with Gasteiger partial charge in [0.05, 0.1) is 6.04 Å². The van der Waals surface area contributed by atoms with Crippen molar-refractivity contribution in [3.8, 4) is 0 Å². The number of nitrogens with zero attached hydrogens (tertiary/aromatic N) is 2. The third kappa shape index (κ3) is 3.30. The van der Waals surface area contributed by atoms with E-state index in [1.807, 2.05) is 37.3 Å². The number of benzene rings is 1. The minimum atomic E-state index is -1.07. The van der Waals surface area contributed by atoms with Crippen molar-refractivity contribution in [1.29, 1.82) is 0 Å². The quantitative estimate of drug-likeness (QED) is 0.747. The van der Waals surface area contributed by atoms with Gasteiger partial charge in [-0.3, -0.25) is 0 Å². The molecule has 7 heteroatoms. The van der Waals surface area contributed by atoms with Crippen LogP contribution in [0.1, 0.15) is 29.0 Å². The summed E-state index contributed by atoms with van der Waals surface area (Å²) in [6.45, 7) is 1.88. The van der Waals surface area contributed by atoms with E-state index in [1.54, 1.807) is 0 Å². The minimum Gasteiger partial charge on any atom is -0.476 e. The fraction of sp³-hybridized carbons (Fsp3) is 0.167. The van der Waals surface area contributed by atoms with Gasteiger partial charge in [0.2, 0.25) is 5.28 Å². The van der Waals surface area contributed by atoms with Crippen molar-refractivity contribution in [1.82, 2.24) is 9.55 Å². The Hall–Kier alpha value is -0.590. The first-order chi connectivity index (χ1) is 8.52. The molecule has 1 radical (unpaired) electrons. The Morgan fingerprint density at radius 3 is 2.53 bits per heavy atom. The molecule has 0 aliphatic rings. The average molecular weight is 437 g/mol. The Bertz CT molecular complexity index is 589. The second kappa shape index (κ2) is 6.72. The molecule has 105 valence electrons. The van der Waals surface area contributed by atoms with Crippen molar-refractivity contribution in [2.24, 2.45) is 0 Å². The topological polar surface area (TPSA) is 55.1 Å². The number of carboxylic acid groups (broad SMARTS) is 1. The summed E-state index contributed by atoms with van der Waals surface area (Å²) in [4.78, 5) is 15.2. The molecular weight excluding hydrogens is 427 g/mol. The summed E-state index contributed by atoms with van der Waals surface area (Å²) < 4.78 is 1.73. The molecule has 0 unspecified atom stereocenters. The van der Waals surface area contributed by atoms with Gasteiger partial charge in [-0.25, -0.2) is 9.78 Å². The third-order valence-electron chi connectivity index (χ3n) is 2.70. The number of aromatic nitrogens is 2. The van der Waals surface area contributed by atoms with E-state index in [-0.39, 0.29) is 44.0 Å². The number of hydrogen-bond donors (Lipinski definition) is 1. The van der Waals surface area contributed by atoms with E-state index < -0.39 is 5.97 Å². The summed E-state index contributed by atoms with van der Waals surface area (Å²) in [7, 11) is 0. The number of carbonyl (C=O) groups is 1. The molecular formula is C12H10AgBrClN2O2. The summed E-state index contributed by atoms with van der Waals surface area (Å²) in [5.41, 5.74) is 1.02. The van der Waals surface area contributed by atoms with Gasteiger partial charge in [0.15, 0.2) is 5.69 Å². The van der Waals surface area contributed by atoms with Gasteiger partial charge >= 0.3 is 5.97 Å². The zero-order valence-corrected chi connectivity index (χ0v) is 13.6. The Balaban J connectivity index is 0.00000180. The average Bonchev–Trinajstić information content (AvgIpc) is 2.64. The van der Waals surface area contributed by atoms with Crippen molar-refractivity contribution in [3.63, 3.8) is 0 Å². The Kier molecular flexibility index (Phi) is 5.82. The normalized spacial score (nSPS) is 11.7. The number of imidazole rings is 1. The molecule has 0 spiro atoms. The van der Waals surface area contributed by atoms with Crippen LogP contribution in [0.25, 0.3) is 0 Å². The SMILES string of the molecule is C[C@H](c1ccccc1)n1c(Cl)nc(Br)c1C(=O)O.[Ag]. The van der Waals surface area contributed by atoms with Crippen LogP contribution >= 0.6 is 27.5 Å². The number of carboxylic acids is 1. The van der Waals surface area contributed by atoms with E-state index in [4.69, 9.17) is 11.6 Å². The fourth-order valence-corrected chi connectivity index (χ4v) is 2.75. The fourth-order valence-electron chi connectivity index (χ4n) is 1.80. The van der Waals surface area contributed by atoms with E-state index in [9.17, 15) is 9.90 Å². The smallest absolute Gasteiger partial charge is 0.355 e. The van der Waals surface area contributed by atoms with Gasteiger partial charge in [-0.2, -0.15) is 0 Å². The maximum Gasteiger partial charge on any atom is 0.355 e. The molecule has 19 heavy (non-hydrogen) atoms. The first-order valence-corrected chi connectivity index (χ1v) is 6.41. The molecule has 1 heterocycles. The number of rotatable bonds is 3. The second-order valence-corrected chi connectivity index (χ2v) is 4.87. The van der Waals surface area contributed by atoms with Crippen molar-refractivity contribution >= 4 is 33.5 Å². The van der Waals surface area contributed by atoms with Crippen molar-refractivity contribution in [2.75, 3.05) is 0 Å². The molecule has 0 bridgehead atoms. The van der Waals surface area contributed by atoms with Gasteiger partial charge in [-0.1, -0.05) is 30.3 Å². The van der Waals surface area contributed by atoms with Gasteiger partial charge in [0.1, 0.15) is 4.60 Å². The molecule has 0 aliphatic carbocycles. The van der Waals surface area contributed by atoms with Gasteiger partial charge in [-0.15, -0.1) is 0 Å². The number of aromatic carboxylic acids is 1. The molecule has 4 nitrogen and oxygen atoms in total. The molecule has 0 saturated heterocycles. The van der Waals surface area contributed by atoms with Crippen LogP contribution in [0.5, 0.6) is 0 Å². The third-order valence-corrected chi connectivity index (χ3v) is 3.52. The van der Waals surface area contributed by atoms with E-state index in [0.29, 0.717) is 0 Å². The van der Waals surface area contributed by atoms with Crippen molar-refractivity contribution in [3.05, 3.63) is 51.5 Å². The van der Waals surface area contributed by atoms with Gasteiger partial charge in [0.25, 0.3) is 0 Å². The van der Waals surface area contributed by atoms with Crippen molar-refractivity contribution < 1.29 is 32.3 Å². The maximum atomic E-state index is 11.2. The van der Waals surface area contributed by atoms with Gasteiger partial charge < -0.3 is 9.67 Å². The van der Waals surface area contributed by atoms with Crippen LogP contribution in [-0.2, 0) is 22.4 Å². The van der Waals surface area contributed by atoms with Crippen LogP contribution in [0.4, 0.5) is 0 Å². The first-order valence-electron chi connectivity index (χ1n) is 5.24. The maximum absolute atomic E-state index is 11.2. The molecule has 0 saturated carbocycles. The van der Waals surface area contributed by atoms with Crippen LogP contribution in [-0.4, -0.2) is 20.6 Å². The van der Waals surface area contributed by atoms with E-state index in [0.717, 1.165) is 5.56 Å². The van der Waals surface area contributed by atoms with Gasteiger partial charge in [-0.05, 0) is 40.0 Å². The van der Waals surface area contributed by atoms with E-state index >= 15 is 0 Å². The monoisotopic (exact) mass is 435 g/mol. The van der Waals surface area contributed by atoms with E-state index in [2.05, 4.69) is 20.9 Å². The summed E-state index contributed by atoms with van der Waals surface area (Å²) in [6.07, 6.45) is 0. The van der Waals surface area contributed by atoms with Crippen LogP contribution in [0.15, 0.2) is 34.9 Å². The first kappa shape index (κ1) is 16.5. The molecule has 0 amide bonds.